The number of carbonyl (C=O) groups excluding carboxylic acids is 4. The Kier molecular flexibility index (Phi) is 9.68. The highest BCUT2D eigenvalue weighted by molar-refractivity contribution is 6.04. The first kappa shape index (κ1) is 28.4. The number of esters is 1. The summed E-state index contributed by atoms with van der Waals surface area (Å²) in [6.07, 6.45) is -0.191. The predicted octanol–water partition coefficient (Wildman–Crippen LogP) is 2.81. The van der Waals surface area contributed by atoms with Gasteiger partial charge in [-0.25, -0.2) is 4.39 Å². The zero-order valence-electron chi connectivity index (χ0n) is 20.8. The highest BCUT2D eigenvalue weighted by Gasteiger charge is 2.31. The fourth-order valence-corrected chi connectivity index (χ4v) is 3.55. The van der Waals surface area contributed by atoms with E-state index in [-0.39, 0.29) is 38.0 Å². The largest absolute Gasteiger partial charge is 0.460 e. The van der Waals surface area contributed by atoms with Crippen LogP contribution in [0.1, 0.15) is 60.7 Å². The predicted molar refractivity (Wildman–Crippen MR) is 131 cm³/mol. The van der Waals surface area contributed by atoms with Crippen LogP contribution in [0.15, 0.2) is 36.4 Å². The lowest BCUT2D eigenvalue weighted by molar-refractivity contribution is -0.155. The first-order chi connectivity index (χ1) is 16.9. The van der Waals surface area contributed by atoms with Gasteiger partial charge < -0.3 is 20.9 Å². The van der Waals surface area contributed by atoms with Crippen molar-refractivity contribution in [1.29, 1.82) is 0 Å². The Labute approximate surface area is 209 Å². The number of aliphatic hydroxyl groups excluding tert-OH is 1. The van der Waals surface area contributed by atoms with Crippen LogP contribution >= 0.6 is 0 Å². The molecule has 0 fully saturated rings. The third kappa shape index (κ3) is 7.61. The van der Waals surface area contributed by atoms with E-state index in [0.29, 0.717) is 27.3 Å². The zero-order chi connectivity index (χ0) is 27.0. The molecule has 0 aliphatic carbocycles. The molecule has 0 heterocycles. The number of nitrogens with two attached hydrogens (primary N) is 1. The normalized spacial score (nSPS) is 11.9. The number of ether oxygens (including phenoxy) is 1. The van der Waals surface area contributed by atoms with Gasteiger partial charge in [-0.1, -0.05) is 18.2 Å². The molecule has 36 heavy (non-hydrogen) atoms. The van der Waals surface area contributed by atoms with Crippen LogP contribution < -0.4 is 11.1 Å². The molecule has 0 spiro atoms. The monoisotopic (exact) mass is 501 g/mol. The number of hydrogen-bond donors (Lipinski definition) is 3. The van der Waals surface area contributed by atoms with Crippen LogP contribution in [0.25, 0.3) is 0 Å². The van der Waals surface area contributed by atoms with Crippen molar-refractivity contribution in [2.24, 2.45) is 5.73 Å². The summed E-state index contributed by atoms with van der Waals surface area (Å²) in [5.41, 5.74) is 6.64. The van der Waals surface area contributed by atoms with E-state index >= 15 is 0 Å². The molecule has 9 nitrogen and oxygen atoms in total. The van der Waals surface area contributed by atoms with Gasteiger partial charge in [0.25, 0.3) is 5.91 Å². The SMILES string of the molecule is Cc1c(NCc2ccc(CO)cc2F)cccc1C(=O)N(C=O)C(CCC(=O)OC(C)(C)C)C(N)=O. The molecule has 1 unspecified atom stereocenters. The number of benzene rings is 2. The molecule has 0 aliphatic rings. The summed E-state index contributed by atoms with van der Waals surface area (Å²) in [5, 5.41) is 12.2. The van der Waals surface area contributed by atoms with Crippen molar-refractivity contribution < 1.29 is 33.4 Å². The van der Waals surface area contributed by atoms with Gasteiger partial charge in [0.05, 0.1) is 6.61 Å². The van der Waals surface area contributed by atoms with E-state index in [2.05, 4.69) is 5.32 Å². The lowest BCUT2D eigenvalue weighted by Gasteiger charge is -2.26. The smallest absolute Gasteiger partial charge is 0.306 e. The van der Waals surface area contributed by atoms with Crippen LogP contribution in [0.2, 0.25) is 0 Å². The van der Waals surface area contributed by atoms with E-state index < -0.39 is 35.2 Å². The van der Waals surface area contributed by atoms with E-state index in [1.165, 1.54) is 12.1 Å². The van der Waals surface area contributed by atoms with Gasteiger partial charge >= 0.3 is 5.97 Å². The second-order valence-electron chi connectivity index (χ2n) is 9.28. The first-order valence-electron chi connectivity index (χ1n) is 11.4. The van der Waals surface area contributed by atoms with Gasteiger partial charge in [-0.3, -0.25) is 24.1 Å². The molecule has 0 radical (unpaired) electrons. The molecule has 4 N–H and O–H groups in total. The number of nitrogens with one attached hydrogen (secondary N) is 1. The van der Waals surface area contributed by atoms with Gasteiger partial charge in [0, 0.05) is 29.8 Å². The number of anilines is 1. The minimum Gasteiger partial charge on any atom is -0.460 e. The summed E-state index contributed by atoms with van der Waals surface area (Å²) >= 11 is 0. The Balaban J connectivity index is 2.21. The van der Waals surface area contributed by atoms with Crippen LogP contribution in [0.3, 0.4) is 0 Å². The van der Waals surface area contributed by atoms with Crippen LogP contribution in [0, 0.1) is 12.7 Å². The Morgan fingerprint density at radius 1 is 1.22 bits per heavy atom. The molecule has 0 aromatic heterocycles. The summed E-state index contributed by atoms with van der Waals surface area (Å²) in [6, 6.07) is 7.81. The third-order valence-electron chi connectivity index (χ3n) is 5.39. The van der Waals surface area contributed by atoms with E-state index in [9.17, 15) is 23.6 Å². The number of carbonyl (C=O) groups is 4. The number of primary amides is 1. The minimum atomic E-state index is -1.35. The van der Waals surface area contributed by atoms with Gasteiger partial charge in [-0.2, -0.15) is 0 Å². The fraction of sp³-hybridized carbons (Fsp3) is 0.385. The maximum atomic E-state index is 14.3. The van der Waals surface area contributed by atoms with Gasteiger partial charge in [0.15, 0.2) is 0 Å². The Morgan fingerprint density at radius 2 is 1.92 bits per heavy atom. The summed E-state index contributed by atoms with van der Waals surface area (Å²) in [6.45, 7) is 6.56. The lowest BCUT2D eigenvalue weighted by Crippen LogP contribution is -2.47. The van der Waals surface area contributed by atoms with Crippen molar-refractivity contribution in [1.82, 2.24) is 4.90 Å². The van der Waals surface area contributed by atoms with Crippen molar-refractivity contribution in [2.75, 3.05) is 5.32 Å². The number of imide groups is 1. The van der Waals surface area contributed by atoms with Gasteiger partial charge in [0.1, 0.15) is 17.5 Å². The number of aliphatic hydroxyl groups is 1. The molecule has 3 amide bonds. The van der Waals surface area contributed by atoms with Crippen LogP contribution in [0.5, 0.6) is 0 Å². The average molecular weight is 502 g/mol. The number of nitrogens with zero attached hydrogens (tertiary/aromatic N) is 1. The molecule has 194 valence electrons. The van der Waals surface area contributed by atoms with E-state index in [1.807, 2.05) is 0 Å². The van der Waals surface area contributed by atoms with Crippen LogP contribution in [0.4, 0.5) is 10.1 Å². The van der Waals surface area contributed by atoms with Crippen molar-refractivity contribution >= 4 is 29.9 Å². The molecule has 10 heteroatoms. The number of hydrogen-bond acceptors (Lipinski definition) is 7. The Morgan fingerprint density at radius 3 is 2.47 bits per heavy atom. The molecule has 2 aromatic rings. The van der Waals surface area contributed by atoms with Crippen LogP contribution in [-0.2, 0) is 32.3 Å². The Bertz CT molecular complexity index is 1130. The zero-order valence-corrected chi connectivity index (χ0v) is 20.8. The summed E-state index contributed by atoms with van der Waals surface area (Å²) in [4.78, 5) is 49.9. The maximum Gasteiger partial charge on any atom is 0.306 e. The number of amides is 3. The van der Waals surface area contributed by atoms with E-state index in [4.69, 9.17) is 15.6 Å². The van der Waals surface area contributed by atoms with Gasteiger partial charge in [0.2, 0.25) is 12.3 Å². The second kappa shape index (κ2) is 12.3. The van der Waals surface area contributed by atoms with E-state index in [0.717, 1.165) is 0 Å². The minimum absolute atomic E-state index is 0.104. The van der Waals surface area contributed by atoms with Crippen LogP contribution in [-0.4, -0.2) is 45.8 Å². The van der Waals surface area contributed by atoms with Gasteiger partial charge in [-0.15, -0.1) is 0 Å². The van der Waals surface area contributed by atoms with Crippen molar-refractivity contribution in [3.8, 4) is 0 Å². The molecule has 0 saturated heterocycles. The molecule has 0 bridgehead atoms. The molecule has 2 rings (SSSR count). The highest BCUT2D eigenvalue weighted by Crippen LogP contribution is 2.23. The summed E-state index contributed by atoms with van der Waals surface area (Å²) in [5.74, 6) is -2.78. The van der Waals surface area contributed by atoms with Crippen molar-refractivity contribution in [3.63, 3.8) is 0 Å². The highest BCUT2D eigenvalue weighted by atomic mass is 19.1. The number of halogens is 1. The fourth-order valence-electron chi connectivity index (χ4n) is 3.55. The van der Waals surface area contributed by atoms with Crippen molar-refractivity contribution in [2.45, 2.75) is 65.3 Å². The standard InChI is InChI=1S/C26H32FN3O6/c1-16-19(6-5-7-21(16)29-13-18-9-8-17(14-31)12-20(18)27)25(35)30(15-32)22(24(28)34)10-11-23(33)36-26(2,3)4/h5-9,12,15,22,29,31H,10-11,13-14H2,1-4H3,(H2,28,34). The summed E-state index contributed by atoms with van der Waals surface area (Å²) < 4.78 is 19.5. The lowest BCUT2D eigenvalue weighted by atomic mass is 10.0. The van der Waals surface area contributed by atoms with Gasteiger partial charge in [-0.05, 0) is 63.4 Å². The maximum absolute atomic E-state index is 14.3. The topological polar surface area (TPSA) is 139 Å². The number of rotatable bonds is 11. The Hall–Kier alpha value is -3.79. The molecule has 0 saturated carbocycles. The van der Waals surface area contributed by atoms with Crippen molar-refractivity contribution in [3.05, 3.63) is 64.5 Å². The summed E-state index contributed by atoms with van der Waals surface area (Å²) in [7, 11) is 0. The molecule has 0 aliphatic heterocycles. The average Bonchev–Trinajstić information content (AvgIpc) is 2.79. The second-order valence-corrected chi connectivity index (χ2v) is 9.28. The molecule has 1 atom stereocenters. The molecular formula is C26H32FN3O6. The third-order valence-corrected chi connectivity index (χ3v) is 5.39. The molecular weight excluding hydrogens is 469 g/mol. The first-order valence-corrected chi connectivity index (χ1v) is 11.4. The van der Waals surface area contributed by atoms with E-state index in [1.54, 1.807) is 52.0 Å². The quantitative estimate of drug-likeness (QED) is 0.318. The molecule has 2 aromatic carbocycles.